The molecule has 0 aromatic carbocycles. The molecule has 0 fully saturated rings. The number of hydrogen-bond acceptors (Lipinski definition) is 5. The summed E-state index contributed by atoms with van der Waals surface area (Å²) in [6, 6.07) is 0. The number of hydrogen-bond donors (Lipinski definition) is 0. The molecule has 0 spiro atoms. The molecule has 0 atom stereocenters. The van der Waals surface area contributed by atoms with E-state index < -0.39 is 7.60 Å². The van der Waals surface area contributed by atoms with Crippen molar-refractivity contribution in [1.82, 2.24) is 4.98 Å². The van der Waals surface area contributed by atoms with Crippen LogP contribution in [0, 0.1) is 13.8 Å². The molecule has 0 aliphatic heterocycles. The first-order valence-electron chi connectivity index (χ1n) is 5.31. The highest BCUT2D eigenvalue weighted by atomic mass is 31.2. The lowest BCUT2D eigenvalue weighted by Crippen LogP contribution is -1.99. The molecule has 0 saturated heterocycles. The quantitative estimate of drug-likeness (QED) is 0.723. The maximum absolute atomic E-state index is 12.2. The Morgan fingerprint density at radius 1 is 1.25 bits per heavy atom. The number of aryl methyl sites for hydroxylation is 2. The Labute approximate surface area is 95.7 Å². The van der Waals surface area contributed by atoms with E-state index >= 15 is 0 Å². The van der Waals surface area contributed by atoms with Crippen molar-refractivity contribution in [3.8, 4) is 0 Å². The van der Waals surface area contributed by atoms with Crippen LogP contribution < -0.4 is 0 Å². The lowest BCUT2D eigenvalue weighted by molar-refractivity contribution is 0.216. The van der Waals surface area contributed by atoms with Gasteiger partial charge in [0.25, 0.3) is 0 Å². The summed E-state index contributed by atoms with van der Waals surface area (Å²) in [5.74, 6) is 1.13. The summed E-state index contributed by atoms with van der Waals surface area (Å²) in [6.07, 6.45) is 0.0867. The Kier molecular flexibility index (Phi) is 4.71. The van der Waals surface area contributed by atoms with Gasteiger partial charge in [0.05, 0.1) is 18.9 Å². The van der Waals surface area contributed by atoms with Gasteiger partial charge in [-0.15, -0.1) is 0 Å². The summed E-state index contributed by atoms with van der Waals surface area (Å²) >= 11 is 0. The van der Waals surface area contributed by atoms with Crippen LogP contribution in [0.25, 0.3) is 0 Å². The Bertz CT molecular complexity index is 359. The molecule has 0 N–H and O–H groups in total. The SMILES string of the molecule is CCOP(=O)(Cc1nc(C)c(C)o1)OCC. The summed E-state index contributed by atoms with van der Waals surface area (Å²) in [6.45, 7) is 7.90. The van der Waals surface area contributed by atoms with E-state index in [1.165, 1.54) is 0 Å². The average Bonchev–Trinajstić information content (AvgIpc) is 2.45. The summed E-state index contributed by atoms with van der Waals surface area (Å²) in [4.78, 5) is 4.16. The lowest BCUT2D eigenvalue weighted by atomic mass is 10.4. The van der Waals surface area contributed by atoms with Crippen molar-refractivity contribution in [2.75, 3.05) is 13.2 Å². The lowest BCUT2D eigenvalue weighted by Gasteiger charge is -2.14. The zero-order valence-corrected chi connectivity index (χ0v) is 11.0. The summed E-state index contributed by atoms with van der Waals surface area (Å²) in [7, 11) is -3.10. The molecule has 0 aliphatic rings. The van der Waals surface area contributed by atoms with Gasteiger partial charge in [-0.05, 0) is 27.7 Å². The van der Waals surface area contributed by atoms with Crippen molar-refractivity contribution in [2.24, 2.45) is 0 Å². The first-order valence-corrected chi connectivity index (χ1v) is 7.04. The van der Waals surface area contributed by atoms with Crippen LogP contribution in [0.3, 0.4) is 0 Å². The van der Waals surface area contributed by atoms with Crippen molar-refractivity contribution in [3.63, 3.8) is 0 Å². The highest BCUT2D eigenvalue weighted by Crippen LogP contribution is 2.51. The largest absolute Gasteiger partial charge is 0.445 e. The van der Waals surface area contributed by atoms with Gasteiger partial charge in [0.1, 0.15) is 11.9 Å². The minimum absolute atomic E-state index is 0.0867. The third-order valence-electron chi connectivity index (χ3n) is 2.05. The van der Waals surface area contributed by atoms with E-state index in [0.29, 0.717) is 19.1 Å². The molecule has 0 bridgehead atoms. The molecule has 5 nitrogen and oxygen atoms in total. The van der Waals surface area contributed by atoms with Crippen LogP contribution in [-0.4, -0.2) is 18.2 Å². The Morgan fingerprint density at radius 2 is 1.81 bits per heavy atom. The van der Waals surface area contributed by atoms with E-state index in [0.717, 1.165) is 11.5 Å². The van der Waals surface area contributed by atoms with Crippen LogP contribution in [0.5, 0.6) is 0 Å². The van der Waals surface area contributed by atoms with Crippen LogP contribution in [0.1, 0.15) is 31.2 Å². The third kappa shape index (κ3) is 3.44. The van der Waals surface area contributed by atoms with Crippen molar-refractivity contribution >= 4 is 7.60 Å². The van der Waals surface area contributed by atoms with Crippen LogP contribution in [0.4, 0.5) is 0 Å². The predicted octanol–water partition coefficient (Wildman–Crippen LogP) is 3.06. The first kappa shape index (κ1) is 13.4. The number of nitrogens with zero attached hydrogens (tertiary/aromatic N) is 1. The van der Waals surface area contributed by atoms with Gasteiger partial charge in [0.2, 0.25) is 5.89 Å². The fourth-order valence-electron chi connectivity index (χ4n) is 1.29. The molecule has 1 aromatic rings. The van der Waals surface area contributed by atoms with Gasteiger partial charge in [0.15, 0.2) is 0 Å². The topological polar surface area (TPSA) is 61.6 Å². The molecule has 1 heterocycles. The number of oxazole rings is 1. The minimum atomic E-state index is -3.10. The Hall–Kier alpha value is -0.640. The van der Waals surface area contributed by atoms with E-state index in [2.05, 4.69) is 4.98 Å². The number of aromatic nitrogens is 1. The normalized spacial score (nSPS) is 12.0. The van der Waals surface area contributed by atoms with Crippen LogP contribution >= 0.6 is 7.60 Å². The Balaban J connectivity index is 2.79. The smallest absolute Gasteiger partial charge is 0.339 e. The maximum atomic E-state index is 12.2. The molecule has 0 radical (unpaired) electrons. The van der Waals surface area contributed by atoms with E-state index in [1.807, 2.05) is 13.8 Å². The van der Waals surface area contributed by atoms with Gasteiger partial charge in [0, 0.05) is 0 Å². The fraction of sp³-hybridized carbons (Fsp3) is 0.700. The molecular formula is C10H18NO4P. The van der Waals surface area contributed by atoms with E-state index in [1.54, 1.807) is 13.8 Å². The predicted molar refractivity (Wildman–Crippen MR) is 60.5 cm³/mol. The van der Waals surface area contributed by atoms with Gasteiger partial charge in [-0.1, -0.05) is 0 Å². The number of rotatable bonds is 6. The fourth-order valence-corrected chi connectivity index (χ4v) is 2.80. The highest BCUT2D eigenvalue weighted by molar-refractivity contribution is 7.52. The van der Waals surface area contributed by atoms with Gasteiger partial charge in [-0.25, -0.2) is 4.98 Å². The van der Waals surface area contributed by atoms with Crippen LogP contribution in [0.2, 0.25) is 0 Å². The van der Waals surface area contributed by atoms with Gasteiger partial charge < -0.3 is 13.5 Å². The van der Waals surface area contributed by atoms with Crippen molar-refractivity contribution in [3.05, 3.63) is 17.3 Å². The average molecular weight is 247 g/mol. The highest BCUT2D eigenvalue weighted by Gasteiger charge is 2.27. The molecule has 0 saturated carbocycles. The van der Waals surface area contributed by atoms with E-state index in [-0.39, 0.29) is 6.16 Å². The Morgan fingerprint density at radius 3 is 2.19 bits per heavy atom. The van der Waals surface area contributed by atoms with Crippen molar-refractivity contribution in [1.29, 1.82) is 0 Å². The molecule has 1 rings (SSSR count). The second-order valence-electron chi connectivity index (χ2n) is 3.35. The molecule has 16 heavy (non-hydrogen) atoms. The molecular weight excluding hydrogens is 229 g/mol. The molecule has 92 valence electrons. The van der Waals surface area contributed by atoms with Gasteiger partial charge >= 0.3 is 7.60 Å². The van der Waals surface area contributed by atoms with Gasteiger partial charge in [-0.3, -0.25) is 4.57 Å². The molecule has 1 aromatic heterocycles. The van der Waals surface area contributed by atoms with Gasteiger partial charge in [-0.2, -0.15) is 0 Å². The second kappa shape index (κ2) is 5.62. The van der Waals surface area contributed by atoms with Crippen LogP contribution in [0.15, 0.2) is 4.42 Å². The van der Waals surface area contributed by atoms with E-state index in [9.17, 15) is 4.57 Å². The summed E-state index contributed by atoms with van der Waals surface area (Å²) in [5.41, 5.74) is 0.801. The molecule has 6 heteroatoms. The standard InChI is InChI=1S/C10H18NO4P/c1-5-13-16(12,14-6-2)7-10-11-8(3)9(4)15-10/h5-7H2,1-4H3. The molecule has 0 unspecified atom stereocenters. The van der Waals surface area contributed by atoms with Crippen molar-refractivity contribution < 1.29 is 18.0 Å². The monoisotopic (exact) mass is 247 g/mol. The first-order chi connectivity index (χ1) is 7.50. The second-order valence-corrected chi connectivity index (χ2v) is 5.41. The third-order valence-corrected chi connectivity index (χ3v) is 4.01. The summed E-state index contributed by atoms with van der Waals surface area (Å²) in [5, 5.41) is 0. The van der Waals surface area contributed by atoms with E-state index in [4.69, 9.17) is 13.5 Å². The van der Waals surface area contributed by atoms with Crippen molar-refractivity contribution in [2.45, 2.75) is 33.9 Å². The summed E-state index contributed by atoms with van der Waals surface area (Å²) < 4.78 is 27.8. The maximum Gasteiger partial charge on any atom is 0.339 e. The molecule has 0 aliphatic carbocycles. The zero-order valence-electron chi connectivity index (χ0n) is 10.1. The minimum Gasteiger partial charge on any atom is -0.445 e. The van der Waals surface area contributed by atoms with Crippen LogP contribution in [-0.2, 0) is 19.8 Å². The zero-order chi connectivity index (χ0) is 12.2. The molecule has 0 amide bonds.